The summed E-state index contributed by atoms with van der Waals surface area (Å²) in [6, 6.07) is 7.95. The van der Waals surface area contributed by atoms with Crippen molar-refractivity contribution in [1.82, 2.24) is 5.32 Å². The highest BCUT2D eigenvalue weighted by Gasteiger charge is 2.20. The Labute approximate surface area is 111 Å². The van der Waals surface area contributed by atoms with Gasteiger partial charge in [0.1, 0.15) is 0 Å². The van der Waals surface area contributed by atoms with E-state index in [1.165, 1.54) is 5.56 Å². The molecule has 18 heavy (non-hydrogen) atoms. The van der Waals surface area contributed by atoms with E-state index in [-0.39, 0.29) is 0 Å². The monoisotopic (exact) mass is 246 g/mol. The van der Waals surface area contributed by atoms with Gasteiger partial charge in [-0.2, -0.15) is 0 Å². The molecule has 0 bridgehead atoms. The van der Waals surface area contributed by atoms with Crippen molar-refractivity contribution < 1.29 is 0 Å². The predicted octanol–water partition coefficient (Wildman–Crippen LogP) is 3.94. The van der Waals surface area contributed by atoms with Crippen LogP contribution in [0.5, 0.6) is 0 Å². The van der Waals surface area contributed by atoms with Gasteiger partial charge in [-0.1, -0.05) is 46.4 Å². The molecule has 0 aliphatic heterocycles. The van der Waals surface area contributed by atoms with Gasteiger partial charge in [-0.3, -0.25) is 0 Å². The molecule has 2 heteroatoms. The van der Waals surface area contributed by atoms with Crippen LogP contribution in [0.4, 0.5) is 5.69 Å². The molecular formula is C16H26N2. The minimum Gasteiger partial charge on any atom is -0.399 e. The molecule has 3 N–H and O–H groups in total. The highest BCUT2D eigenvalue weighted by molar-refractivity contribution is 5.40. The van der Waals surface area contributed by atoms with Gasteiger partial charge in [-0.15, -0.1) is 0 Å². The highest BCUT2D eigenvalue weighted by atomic mass is 14.9. The summed E-state index contributed by atoms with van der Waals surface area (Å²) < 4.78 is 0. The third-order valence-corrected chi connectivity index (χ3v) is 3.52. The molecule has 0 unspecified atom stereocenters. The maximum Gasteiger partial charge on any atom is 0.0398 e. The molecule has 0 spiro atoms. The lowest BCUT2D eigenvalue weighted by Crippen LogP contribution is -2.21. The topological polar surface area (TPSA) is 38.0 Å². The van der Waals surface area contributed by atoms with E-state index in [2.05, 4.69) is 45.7 Å². The van der Waals surface area contributed by atoms with Gasteiger partial charge in [0.2, 0.25) is 0 Å². The van der Waals surface area contributed by atoms with Gasteiger partial charge in [0.15, 0.2) is 0 Å². The summed E-state index contributed by atoms with van der Waals surface area (Å²) in [5, 5.41) is 3.38. The van der Waals surface area contributed by atoms with Gasteiger partial charge >= 0.3 is 0 Å². The number of nitrogens with one attached hydrogen (secondary N) is 1. The summed E-state index contributed by atoms with van der Waals surface area (Å²) in [6.45, 7) is 14.0. The molecule has 0 fully saturated rings. The lowest BCUT2D eigenvalue weighted by atomic mass is 9.79. The van der Waals surface area contributed by atoms with Crippen molar-refractivity contribution in [1.29, 1.82) is 0 Å². The Morgan fingerprint density at radius 2 is 2.06 bits per heavy atom. The largest absolute Gasteiger partial charge is 0.399 e. The summed E-state index contributed by atoms with van der Waals surface area (Å²) in [5.41, 5.74) is 9.17. The molecule has 0 aliphatic carbocycles. The summed E-state index contributed by atoms with van der Waals surface area (Å²) in [7, 11) is 0. The quantitative estimate of drug-likeness (QED) is 0.772. The molecule has 0 radical (unpaired) electrons. The zero-order valence-electron chi connectivity index (χ0n) is 12.1. The van der Waals surface area contributed by atoms with E-state index >= 15 is 0 Å². The Morgan fingerprint density at radius 3 is 2.61 bits per heavy atom. The minimum absolute atomic E-state index is 0.321. The van der Waals surface area contributed by atoms with Crippen LogP contribution < -0.4 is 11.1 Å². The zero-order valence-corrected chi connectivity index (χ0v) is 12.1. The van der Waals surface area contributed by atoms with E-state index in [1.54, 1.807) is 0 Å². The van der Waals surface area contributed by atoms with Gasteiger partial charge in [-0.05, 0) is 35.4 Å². The van der Waals surface area contributed by atoms with Crippen molar-refractivity contribution in [3.8, 4) is 0 Å². The van der Waals surface area contributed by atoms with Crippen LogP contribution in [0.25, 0.3) is 0 Å². The molecule has 1 aromatic rings. The molecule has 1 aromatic carbocycles. The van der Waals surface area contributed by atoms with Gasteiger partial charge < -0.3 is 11.1 Å². The van der Waals surface area contributed by atoms with E-state index in [1.807, 2.05) is 18.2 Å². The smallest absolute Gasteiger partial charge is 0.0398 e. The number of benzene rings is 1. The minimum atomic E-state index is 0.321. The Hall–Kier alpha value is -1.44. The van der Waals surface area contributed by atoms with Crippen LogP contribution in [0.1, 0.15) is 39.7 Å². The first kappa shape index (κ1) is 14.6. The highest BCUT2D eigenvalue weighted by Crippen LogP contribution is 2.29. The maximum atomic E-state index is 5.75. The lowest BCUT2D eigenvalue weighted by Gasteiger charge is -2.28. The van der Waals surface area contributed by atoms with Crippen molar-refractivity contribution in [2.75, 3.05) is 5.73 Å². The average Bonchev–Trinajstić information content (AvgIpc) is 2.25. The third-order valence-electron chi connectivity index (χ3n) is 3.52. The second-order valence-corrected chi connectivity index (χ2v) is 6.17. The van der Waals surface area contributed by atoms with Gasteiger partial charge in [-0.25, -0.2) is 0 Å². The summed E-state index contributed by atoms with van der Waals surface area (Å²) >= 11 is 0. The number of nitrogen functional groups attached to an aromatic ring is 1. The first-order chi connectivity index (χ1) is 8.29. The van der Waals surface area contributed by atoms with Crippen LogP contribution in [-0.2, 0) is 6.54 Å². The third kappa shape index (κ3) is 4.82. The molecule has 100 valence electrons. The normalized spacial score (nSPS) is 13.1. The van der Waals surface area contributed by atoms with E-state index in [4.69, 9.17) is 5.73 Å². The Morgan fingerprint density at radius 1 is 1.39 bits per heavy atom. The fourth-order valence-electron chi connectivity index (χ4n) is 1.68. The molecule has 2 nitrogen and oxygen atoms in total. The van der Waals surface area contributed by atoms with E-state index in [0.29, 0.717) is 11.3 Å². The number of hydrogen-bond acceptors (Lipinski definition) is 2. The van der Waals surface area contributed by atoms with E-state index in [0.717, 1.165) is 24.4 Å². The van der Waals surface area contributed by atoms with Crippen molar-refractivity contribution >= 4 is 5.69 Å². The van der Waals surface area contributed by atoms with Crippen LogP contribution in [-0.4, -0.2) is 0 Å². The van der Waals surface area contributed by atoms with E-state index in [9.17, 15) is 0 Å². The number of nitrogens with two attached hydrogens (primary N) is 1. The molecule has 0 amide bonds. The fourth-order valence-corrected chi connectivity index (χ4v) is 1.68. The first-order valence-electron chi connectivity index (χ1n) is 6.55. The predicted molar refractivity (Wildman–Crippen MR) is 80.1 cm³/mol. The van der Waals surface area contributed by atoms with Crippen LogP contribution in [0.15, 0.2) is 36.5 Å². The number of rotatable bonds is 5. The number of hydrogen-bond donors (Lipinski definition) is 2. The molecule has 0 saturated carbocycles. The Bertz CT molecular complexity index is 402. The van der Waals surface area contributed by atoms with E-state index < -0.39 is 0 Å². The maximum absolute atomic E-state index is 5.75. The lowest BCUT2D eigenvalue weighted by molar-refractivity contribution is 0.256. The van der Waals surface area contributed by atoms with Crippen molar-refractivity contribution in [3.63, 3.8) is 0 Å². The molecule has 1 rings (SSSR count). The standard InChI is InChI=1S/C16H26N2/c1-12(16(3,4)5)9-13(2)18-11-14-7-6-8-15(17)10-14/h6-8,10,12,18H,2,9,11,17H2,1,3-5H3/t12-/m1/s1. The summed E-state index contributed by atoms with van der Waals surface area (Å²) in [6.07, 6.45) is 1.01. The molecular weight excluding hydrogens is 220 g/mol. The Kier molecular flexibility index (Phi) is 4.83. The van der Waals surface area contributed by atoms with Crippen molar-refractivity contribution in [3.05, 3.63) is 42.1 Å². The van der Waals surface area contributed by atoms with Crippen LogP contribution in [0.3, 0.4) is 0 Å². The molecule has 0 aromatic heterocycles. The van der Waals surface area contributed by atoms with Gasteiger partial charge in [0.25, 0.3) is 0 Å². The van der Waals surface area contributed by atoms with Crippen LogP contribution >= 0.6 is 0 Å². The molecule has 0 saturated heterocycles. The number of allylic oxidation sites excluding steroid dienone is 1. The summed E-state index contributed by atoms with van der Waals surface area (Å²) in [5.74, 6) is 0.610. The summed E-state index contributed by atoms with van der Waals surface area (Å²) in [4.78, 5) is 0. The second kappa shape index (κ2) is 5.94. The molecule has 1 atom stereocenters. The molecule has 0 heterocycles. The SMILES string of the molecule is C=C(C[C@@H](C)C(C)(C)C)NCc1cccc(N)c1. The second-order valence-electron chi connectivity index (χ2n) is 6.17. The first-order valence-corrected chi connectivity index (χ1v) is 6.55. The van der Waals surface area contributed by atoms with Crippen LogP contribution in [0.2, 0.25) is 0 Å². The number of anilines is 1. The Balaban J connectivity index is 2.42. The average molecular weight is 246 g/mol. The fraction of sp³-hybridized carbons (Fsp3) is 0.500. The molecule has 0 aliphatic rings. The zero-order chi connectivity index (χ0) is 13.8. The van der Waals surface area contributed by atoms with Crippen LogP contribution in [0, 0.1) is 11.3 Å². The van der Waals surface area contributed by atoms with Gasteiger partial charge in [0.05, 0.1) is 0 Å². The van der Waals surface area contributed by atoms with Crippen molar-refractivity contribution in [2.45, 2.75) is 40.7 Å². The van der Waals surface area contributed by atoms with Gasteiger partial charge in [0, 0.05) is 17.9 Å². The van der Waals surface area contributed by atoms with Crippen molar-refractivity contribution in [2.24, 2.45) is 11.3 Å².